The van der Waals surface area contributed by atoms with Crippen LogP contribution in [0.5, 0.6) is 0 Å². The van der Waals surface area contributed by atoms with Crippen molar-refractivity contribution >= 4 is 23.4 Å². The second-order valence-electron chi connectivity index (χ2n) is 4.59. The average molecular weight is 257 g/mol. The van der Waals surface area contributed by atoms with E-state index in [4.69, 9.17) is 11.6 Å². The van der Waals surface area contributed by atoms with E-state index in [9.17, 15) is 0 Å². The van der Waals surface area contributed by atoms with E-state index in [1.165, 1.54) is 25.7 Å². The maximum absolute atomic E-state index is 5.93. The highest BCUT2D eigenvalue weighted by molar-refractivity contribution is 7.99. The number of rotatable bonds is 2. The van der Waals surface area contributed by atoms with E-state index in [0.717, 1.165) is 16.8 Å². The molecule has 2 unspecified atom stereocenters. The molecule has 0 spiro atoms. The van der Waals surface area contributed by atoms with E-state index in [1.807, 2.05) is 24.8 Å². The molecule has 4 heteroatoms. The number of aromatic nitrogens is 2. The Balaban J connectivity index is 2.02. The van der Waals surface area contributed by atoms with Crippen LogP contribution in [0.2, 0.25) is 5.15 Å². The van der Waals surface area contributed by atoms with Gasteiger partial charge in [-0.25, -0.2) is 9.97 Å². The molecule has 1 heterocycles. The first kappa shape index (κ1) is 12.2. The van der Waals surface area contributed by atoms with Gasteiger partial charge in [0, 0.05) is 11.3 Å². The molecule has 2 rings (SSSR count). The van der Waals surface area contributed by atoms with E-state index >= 15 is 0 Å². The summed E-state index contributed by atoms with van der Waals surface area (Å²) in [6, 6.07) is 1.87. The summed E-state index contributed by atoms with van der Waals surface area (Å²) in [5.74, 6) is 1.61. The lowest BCUT2D eigenvalue weighted by Crippen LogP contribution is -2.15. The van der Waals surface area contributed by atoms with Crippen LogP contribution in [0.25, 0.3) is 0 Å². The minimum atomic E-state index is 0.554. The molecule has 1 aliphatic carbocycles. The van der Waals surface area contributed by atoms with Crippen molar-refractivity contribution < 1.29 is 0 Å². The largest absolute Gasteiger partial charge is 0.227 e. The maximum Gasteiger partial charge on any atom is 0.133 e. The van der Waals surface area contributed by atoms with E-state index in [0.29, 0.717) is 10.4 Å². The van der Waals surface area contributed by atoms with Crippen molar-refractivity contribution in [3.05, 3.63) is 17.0 Å². The molecule has 16 heavy (non-hydrogen) atoms. The standard InChI is InChI=1S/C12H17ClN2S/c1-8-4-3-5-10(6-8)16-12-7-11(13)14-9(2)15-12/h7-8,10H,3-6H2,1-2H3. The zero-order valence-corrected chi connectivity index (χ0v) is 11.3. The Bertz CT molecular complexity index is 350. The van der Waals surface area contributed by atoms with E-state index in [2.05, 4.69) is 16.9 Å². The summed E-state index contributed by atoms with van der Waals surface area (Å²) in [5.41, 5.74) is 0. The fourth-order valence-electron chi connectivity index (χ4n) is 2.22. The highest BCUT2D eigenvalue weighted by atomic mass is 35.5. The van der Waals surface area contributed by atoms with E-state index in [1.54, 1.807) is 0 Å². The first-order valence-electron chi connectivity index (χ1n) is 5.81. The zero-order valence-electron chi connectivity index (χ0n) is 9.74. The SMILES string of the molecule is Cc1nc(Cl)cc(SC2CCCC(C)C2)n1. The van der Waals surface area contributed by atoms with Crippen LogP contribution in [0.15, 0.2) is 11.1 Å². The number of aryl methyl sites for hydroxylation is 1. The molecule has 0 aromatic carbocycles. The second-order valence-corrected chi connectivity index (χ2v) is 6.30. The Morgan fingerprint density at radius 2 is 2.19 bits per heavy atom. The lowest BCUT2D eigenvalue weighted by Gasteiger charge is -2.25. The van der Waals surface area contributed by atoms with Crippen LogP contribution in [-0.2, 0) is 0 Å². The molecule has 2 nitrogen and oxygen atoms in total. The van der Waals surface area contributed by atoms with Gasteiger partial charge in [-0.15, -0.1) is 11.8 Å². The first-order chi connectivity index (χ1) is 7.63. The molecule has 1 aromatic rings. The molecule has 0 amide bonds. The van der Waals surface area contributed by atoms with Gasteiger partial charge in [-0.05, 0) is 25.7 Å². The Morgan fingerprint density at radius 1 is 1.38 bits per heavy atom. The smallest absolute Gasteiger partial charge is 0.133 e. The summed E-state index contributed by atoms with van der Waals surface area (Å²) < 4.78 is 0. The number of hydrogen-bond donors (Lipinski definition) is 0. The number of nitrogens with zero attached hydrogens (tertiary/aromatic N) is 2. The maximum atomic E-state index is 5.93. The topological polar surface area (TPSA) is 25.8 Å². The van der Waals surface area contributed by atoms with Gasteiger partial charge >= 0.3 is 0 Å². The molecular weight excluding hydrogens is 240 g/mol. The lowest BCUT2D eigenvalue weighted by molar-refractivity contribution is 0.394. The monoisotopic (exact) mass is 256 g/mol. The van der Waals surface area contributed by atoms with Gasteiger partial charge in [0.1, 0.15) is 16.0 Å². The highest BCUT2D eigenvalue weighted by Crippen LogP contribution is 2.35. The van der Waals surface area contributed by atoms with Crippen LogP contribution in [0.4, 0.5) is 0 Å². The van der Waals surface area contributed by atoms with Crippen molar-refractivity contribution in [1.82, 2.24) is 9.97 Å². The van der Waals surface area contributed by atoms with E-state index in [-0.39, 0.29) is 0 Å². The van der Waals surface area contributed by atoms with Crippen LogP contribution in [-0.4, -0.2) is 15.2 Å². The minimum absolute atomic E-state index is 0.554. The predicted molar refractivity (Wildman–Crippen MR) is 69.1 cm³/mol. The van der Waals surface area contributed by atoms with Gasteiger partial charge in [0.2, 0.25) is 0 Å². The van der Waals surface area contributed by atoms with Gasteiger partial charge in [0.25, 0.3) is 0 Å². The Morgan fingerprint density at radius 3 is 2.88 bits per heavy atom. The third-order valence-electron chi connectivity index (χ3n) is 2.96. The summed E-state index contributed by atoms with van der Waals surface area (Å²) in [6.45, 7) is 4.23. The van der Waals surface area contributed by atoms with Crippen LogP contribution < -0.4 is 0 Å². The molecule has 1 aromatic heterocycles. The molecule has 0 saturated heterocycles. The summed E-state index contributed by atoms with van der Waals surface area (Å²) in [7, 11) is 0. The first-order valence-corrected chi connectivity index (χ1v) is 7.07. The third kappa shape index (κ3) is 3.36. The van der Waals surface area contributed by atoms with Crippen molar-refractivity contribution in [3.63, 3.8) is 0 Å². The summed E-state index contributed by atoms with van der Waals surface area (Å²) in [5, 5.41) is 2.28. The van der Waals surface area contributed by atoms with Crippen molar-refractivity contribution in [3.8, 4) is 0 Å². The fourth-order valence-corrected chi connectivity index (χ4v) is 3.93. The van der Waals surface area contributed by atoms with Crippen LogP contribution in [0, 0.1) is 12.8 Å². The number of hydrogen-bond acceptors (Lipinski definition) is 3. The van der Waals surface area contributed by atoms with Crippen molar-refractivity contribution in [2.45, 2.75) is 49.8 Å². The van der Waals surface area contributed by atoms with Crippen LogP contribution in [0.3, 0.4) is 0 Å². The molecule has 88 valence electrons. The molecule has 0 radical (unpaired) electrons. The van der Waals surface area contributed by atoms with Crippen molar-refractivity contribution in [1.29, 1.82) is 0 Å². The normalized spacial score (nSPS) is 25.7. The molecule has 1 saturated carbocycles. The Kier molecular flexibility index (Phi) is 4.09. The fraction of sp³-hybridized carbons (Fsp3) is 0.667. The molecule has 1 fully saturated rings. The van der Waals surface area contributed by atoms with Crippen molar-refractivity contribution in [2.75, 3.05) is 0 Å². The number of thioether (sulfide) groups is 1. The quantitative estimate of drug-likeness (QED) is 0.745. The van der Waals surface area contributed by atoms with Crippen molar-refractivity contribution in [2.24, 2.45) is 5.92 Å². The molecule has 0 N–H and O–H groups in total. The lowest BCUT2D eigenvalue weighted by atomic mass is 9.91. The molecule has 1 aliphatic rings. The molecular formula is C12H17ClN2S. The van der Waals surface area contributed by atoms with Crippen LogP contribution in [0.1, 0.15) is 38.4 Å². The van der Waals surface area contributed by atoms with Gasteiger partial charge in [0.15, 0.2) is 0 Å². The zero-order chi connectivity index (χ0) is 11.5. The molecule has 0 aliphatic heterocycles. The second kappa shape index (κ2) is 5.37. The highest BCUT2D eigenvalue weighted by Gasteiger charge is 2.20. The van der Waals surface area contributed by atoms with Gasteiger partial charge in [-0.1, -0.05) is 31.4 Å². The van der Waals surface area contributed by atoms with E-state index < -0.39 is 0 Å². The average Bonchev–Trinajstić information content (AvgIpc) is 2.15. The van der Waals surface area contributed by atoms with Gasteiger partial charge in [0.05, 0.1) is 0 Å². The third-order valence-corrected chi connectivity index (χ3v) is 4.36. The summed E-state index contributed by atoms with van der Waals surface area (Å²) in [6.07, 6.45) is 5.32. The van der Waals surface area contributed by atoms with Crippen LogP contribution >= 0.6 is 23.4 Å². The number of halogens is 1. The Labute approximate surface area is 106 Å². The minimum Gasteiger partial charge on any atom is -0.227 e. The summed E-state index contributed by atoms with van der Waals surface area (Å²) in [4.78, 5) is 8.50. The summed E-state index contributed by atoms with van der Waals surface area (Å²) >= 11 is 7.79. The van der Waals surface area contributed by atoms with Gasteiger partial charge in [-0.3, -0.25) is 0 Å². The predicted octanol–water partition coefficient (Wildman–Crippen LogP) is 4.11. The van der Waals surface area contributed by atoms with Gasteiger partial charge in [-0.2, -0.15) is 0 Å². The van der Waals surface area contributed by atoms with Gasteiger partial charge < -0.3 is 0 Å². The Hall–Kier alpha value is -0.280. The molecule has 2 atom stereocenters. The molecule has 0 bridgehead atoms.